The highest BCUT2D eigenvalue weighted by Gasteiger charge is 2.30. The number of benzene rings is 1. The molecule has 1 atom stereocenters. The van der Waals surface area contributed by atoms with E-state index >= 15 is 0 Å². The molecule has 7 nitrogen and oxygen atoms in total. The lowest BCUT2D eigenvalue weighted by atomic mass is 10.1. The largest absolute Gasteiger partial charge is 0.289 e. The number of aryl methyl sites for hydroxylation is 1. The van der Waals surface area contributed by atoms with E-state index in [1.54, 1.807) is 13.8 Å². The Hall–Kier alpha value is -1.98. The summed E-state index contributed by atoms with van der Waals surface area (Å²) in [5.41, 5.74) is -0.245. The number of sulfonamides is 1. The SMILES string of the molecule is Cc1cccc([N+](=O)[O-])c1S(=O)(=O)NC(C#N)C(C)C. The summed E-state index contributed by atoms with van der Waals surface area (Å²) < 4.78 is 26.8. The number of nitrogens with one attached hydrogen (secondary N) is 1. The first-order valence-corrected chi connectivity index (χ1v) is 7.35. The van der Waals surface area contributed by atoms with Crippen molar-refractivity contribution in [3.63, 3.8) is 0 Å². The van der Waals surface area contributed by atoms with Crippen LogP contribution in [0.1, 0.15) is 19.4 Å². The molecule has 0 spiro atoms. The van der Waals surface area contributed by atoms with Crippen molar-refractivity contribution in [2.75, 3.05) is 0 Å². The van der Waals surface area contributed by atoms with Crippen LogP contribution in [0.4, 0.5) is 5.69 Å². The van der Waals surface area contributed by atoms with Crippen molar-refractivity contribution in [3.05, 3.63) is 33.9 Å². The van der Waals surface area contributed by atoms with Crippen LogP contribution in [-0.4, -0.2) is 19.4 Å². The van der Waals surface area contributed by atoms with Crippen LogP contribution in [0.25, 0.3) is 0 Å². The number of nitro benzene ring substituents is 1. The summed E-state index contributed by atoms with van der Waals surface area (Å²) in [6.45, 7) is 4.84. The number of nitrogens with zero attached hydrogens (tertiary/aromatic N) is 2. The van der Waals surface area contributed by atoms with Crippen molar-refractivity contribution < 1.29 is 13.3 Å². The zero-order valence-corrected chi connectivity index (χ0v) is 12.1. The molecule has 20 heavy (non-hydrogen) atoms. The Bertz CT molecular complexity index is 662. The van der Waals surface area contributed by atoms with Gasteiger partial charge in [-0.3, -0.25) is 10.1 Å². The molecule has 1 N–H and O–H groups in total. The molecule has 0 saturated carbocycles. The van der Waals surface area contributed by atoms with Crippen LogP contribution in [0.2, 0.25) is 0 Å². The van der Waals surface area contributed by atoms with Crippen LogP contribution in [0, 0.1) is 34.3 Å². The van der Waals surface area contributed by atoms with Gasteiger partial charge in [0.2, 0.25) is 10.0 Å². The quantitative estimate of drug-likeness (QED) is 0.656. The van der Waals surface area contributed by atoms with Gasteiger partial charge < -0.3 is 0 Å². The number of rotatable bonds is 5. The average molecular weight is 297 g/mol. The third kappa shape index (κ3) is 3.31. The van der Waals surface area contributed by atoms with Gasteiger partial charge in [-0.15, -0.1) is 0 Å². The number of nitriles is 1. The van der Waals surface area contributed by atoms with Gasteiger partial charge in [-0.2, -0.15) is 9.98 Å². The fraction of sp³-hybridized carbons (Fsp3) is 0.417. The lowest BCUT2D eigenvalue weighted by molar-refractivity contribution is -0.387. The summed E-state index contributed by atoms with van der Waals surface area (Å²) in [4.78, 5) is 9.81. The molecule has 0 aliphatic heterocycles. The van der Waals surface area contributed by atoms with Crippen molar-refractivity contribution in [3.8, 4) is 6.07 Å². The van der Waals surface area contributed by atoms with Crippen LogP contribution in [0.15, 0.2) is 23.1 Å². The second kappa shape index (κ2) is 5.98. The van der Waals surface area contributed by atoms with Crippen molar-refractivity contribution >= 4 is 15.7 Å². The molecule has 108 valence electrons. The summed E-state index contributed by atoms with van der Waals surface area (Å²) in [5, 5.41) is 19.9. The lowest BCUT2D eigenvalue weighted by Gasteiger charge is -2.16. The third-order valence-corrected chi connectivity index (χ3v) is 4.38. The molecule has 0 amide bonds. The van der Waals surface area contributed by atoms with Crippen LogP contribution in [0.5, 0.6) is 0 Å². The molecule has 0 bridgehead atoms. The van der Waals surface area contributed by atoms with Gasteiger partial charge in [-0.05, 0) is 18.4 Å². The maximum Gasteiger partial charge on any atom is 0.289 e. The van der Waals surface area contributed by atoms with Crippen LogP contribution in [-0.2, 0) is 10.0 Å². The van der Waals surface area contributed by atoms with Gasteiger partial charge >= 0.3 is 0 Å². The van der Waals surface area contributed by atoms with Gasteiger partial charge in [0.15, 0.2) is 4.90 Å². The Morgan fingerprint density at radius 2 is 2.00 bits per heavy atom. The molecule has 8 heteroatoms. The molecule has 1 rings (SSSR count). The topological polar surface area (TPSA) is 113 Å². The van der Waals surface area contributed by atoms with Crippen molar-refractivity contribution in [1.82, 2.24) is 4.72 Å². The van der Waals surface area contributed by atoms with E-state index in [1.807, 2.05) is 6.07 Å². The van der Waals surface area contributed by atoms with Crippen molar-refractivity contribution in [2.45, 2.75) is 31.7 Å². The minimum atomic E-state index is -4.14. The minimum absolute atomic E-state index is 0.252. The molecule has 0 aromatic heterocycles. The smallest absolute Gasteiger partial charge is 0.258 e. The zero-order valence-electron chi connectivity index (χ0n) is 11.3. The highest BCUT2D eigenvalue weighted by Crippen LogP contribution is 2.27. The van der Waals surface area contributed by atoms with E-state index in [0.717, 1.165) is 6.07 Å². The van der Waals surface area contributed by atoms with Gasteiger partial charge in [0, 0.05) is 6.07 Å². The predicted octanol–water partition coefficient (Wildman–Crippen LogP) is 1.73. The first-order valence-electron chi connectivity index (χ1n) is 5.86. The molecule has 0 aliphatic rings. The fourth-order valence-electron chi connectivity index (χ4n) is 1.67. The van der Waals surface area contributed by atoms with Gasteiger partial charge in [0.25, 0.3) is 5.69 Å². The van der Waals surface area contributed by atoms with E-state index < -0.39 is 31.6 Å². The Labute approximate surface area is 117 Å². The van der Waals surface area contributed by atoms with Crippen LogP contribution < -0.4 is 4.72 Å². The first-order chi connectivity index (χ1) is 9.20. The molecule has 0 aliphatic carbocycles. The standard InChI is InChI=1S/C12H15N3O4S/c1-8(2)10(7-13)14-20(18,19)12-9(3)5-4-6-11(12)15(16)17/h4-6,8,10,14H,1-3H3. The van der Waals surface area contributed by atoms with E-state index in [1.165, 1.54) is 19.1 Å². The van der Waals surface area contributed by atoms with E-state index in [-0.39, 0.29) is 11.5 Å². The van der Waals surface area contributed by atoms with E-state index in [2.05, 4.69) is 4.72 Å². The summed E-state index contributed by atoms with van der Waals surface area (Å²) in [7, 11) is -4.14. The first kappa shape index (κ1) is 16.1. The second-order valence-electron chi connectivity index (χ2n) is 4.65. The molecule has 0 saturated heterocycles. The Morgan fingerprint density at radius 1 is 1.40 bits per heavy atom. The summed E-state index contributed by atoms with van der Waals surface area (Å²) >= 11 is 0. The van der Waals surface area contributed by atoms with E-state index in [9.17, 15) is 18.5 Å². The molecule has 0 heterocycles. The normalized spacial score (nSPS) is 12.9. The maximum absolute atomic E-state index is 12.3. The van der Waals surface area contributed by atoms with E-state index in [0.29, 0.717) is 0 Å². The molecule has 1 aromatic carbocycles. The predicted molar refractivity (Wildman–Crippen MR) is 72.4 cm³/mol. The molecular weight excluding hydrogens is 282 g/mol. The third-order valence-electron chi connectivity index (χ3n) is 2.74. The highest BCUT2D eigenvalue weighted by molar-refractivity contribution is 7.89. The number of nitro groups is 1. The Balaban J connectivity index is 3.37. The summed E-state index contributed by atoms with van der Waals surface area (Å²) in [5.74, 6) is -0.252. The number of hydrogen-bond donors (Lipinski definition) is 1. The Morgan fingerprint density at radius 3 is 2.45 bits per heavy atom. The van der Waals surface area contributed by atoms with Crippen molar-refractivity contribution in [2.24, 2.45) is 5.92 Å². The Kier molecular flexibility index (Phi) is 4.81. The highest BCUT2D eigenvalue weighted by atomic mass is 32.2. The van der Waals surface area contributed by atoms with Gasteiger partial charge in [-0.25, -0.2) is 8.42 Å². The lowest BCUT2D eigenvalue weighted by Crippen LogP contribution is -2.37. The van der Waals surface area contributed by atoms with Crippen LogP contribution >= 0.6 is 0 Å². The van der Waals surface area contributed by atoms with Gasteiger partial charge in [-0.1, -0.05) is 26.0 Å². The fourth-order valence-corrected chi connectivity index (χ4v) is 3.35. The van der Waals surface area contributed by atoms with Crippen molar-refractivity contribution in [1.29, 1.82) is 5.26 Å². The molecule has 0 fully saturated rings. The summed E-state index contributed by atoms with van der Waals surface area (Å²) in [6, 6.07) is 4.90. The molecule has 0 radical (unpaired) electrons. The van der Waals surface area contributed by atoms with Gasteiger partial charge in [0.1, 0.15) is 6.04 Å². The van der Waals surface area contributed by atoms with Crippen LogP contribution in [0.3, 0.4) is 0 Å². The monoisotopic (exact) mass is 297 g/mol. The molecule has 1 unspecified atom stereocenters. The molecular formula is C12H15N3O4S. The second-order valence-corrected chi connectivity index (χ2v) is 6.30. The summed E-state index contributed by atoms with van der Waals surface area (Å²) in [6.07, 6.45) is 0. The average Bonchev–Trinajstić information content (AvgIpc) is 2.34. The van der Waals surface area contributed by atoms with Gasteiger partial charge in [0.05, 0.1) is 11.0 Å². The maximum atomic E-state index is 12.3. The minimum Gasteiger partial charge on any atom is -0.258 e. The number of hydrogen-bond acceptors (Lipinski definition) is 5. The van der Waals surface area contributed by atoms with E-state index in [4.69, 9.17) is 5.26 Å². The molecule has 1 aromatic rings. The zero-order chi connectivity index (χ0) is 15.5.